The number of hydrogen-bond acceptors (Lipinski definition) is 4. The number of carbonyl (C=O) groups excluding carboxylic acids is 2. The molecule has 4 rings (SSSR count). The van der Waals surface area contributed by atoms with Crippen LogP contribution in [-0.2, 0) is 22.7 Å². The average Bonchev–Trinajstić information content (AvgIpc) is 3.02. The van der Waals surface area contributed by atoms with E-state index in [1.54, 1.807) is 12.1 Å². The van der Waals surface area contributed by atoms with Gasteiger partial charge in [-0.15, -0.1) is 11.8 Å². The van der Waals surface area contributed by atoms with Crippen LogP contribution in [0, 0.1) is 0 Å². The Morgan fingerprint density at radius 2 is 1.87 bits per heavy atom. The summed E-state index contributed by atoms with van der Waals surface area (Å²) in [5, 5.41) is 5.96. The van der Waals surface area contributed by atoms with Crippen LogP contribution in [0.1, 0.15) is 43.2 Å². The van der Waals surface area contributed by atoms with Gasteiger partial charge in [0.2, 0.25) is 11.8 Å². The molecule has 0 aliphatic carbocycles. The molecule has 1 atom stereocenters. The molecule has 0 saturated carbocycles. The molecule has 2 aliphatic rings. The normalized spacial score (nSPS) is 19.3. The summed E-state index contributed by atoms with van der Waals surface area (Å²) in [4.78, 5) is 28.3. The predicted molar refractivity (Wildman–Crippen MR) is 126 cm³/mol. The van der Waals surface area contributed by atoms with Crippen LogP contribution in [0.3, 0.4) is 0 Å². The van der Waals surface area contributed by atoms with Crippen molar-refractivity contribution >= 4 is 40.9 Å². The Morgan fingerprint density at radius 3 is 2.68 bits per heavy atom. The molecule has 2 aromatic rings. The van der Waals surface area contributed by atoms with Crippen LogP contribution in [0.25, 0.3) is 0 Å². The monoisotopic (exact) mass is 457 g/mol. The Bertz CT molecular complexity index is 944. The number of fused-ring (bicyclic) bond motifs is 1. The maximum atomic E-state index is 12.5. The van der Waals surface area contributed by atoms with Crippen molar-refractivity contribution in [3.63, 3.8) is 0 Å². The van der Waals surface area contributed by atoms with Crippen LogP contribution >= 0.6 is 23.4 Å². The smallest absolute Gasteiger partial charge is 0.238 e. The van der Waals surface area contributed by atoms with Crippen molar-refractivity contribution in [3.05, 3.63) is 58.6 Å². The van der Waals surface area contributed by atoms with Crippen LogP contribution in [-0.4, -0.2) is 35.1 Å². The maximum Gasteiger partial charge on any atom is 0.238 e. The van der Waals surface area contributed by atoms with Crippen molar-refractivity contribution < 1.29 is 9.59 Å². The van der Waals surface area contributed by atoms with E-state index in [9.17, 15) is 9.59 Å². The van der Waals surface area contributed by atoms with E-state index < -0.39 is 5.25 Å². The van der Waals surface area contributed by atoms with Gasteiger partial charge in [0.15, 0.2) is 0 Å². The van der Waals surface area contributed by atoms with E-state index in [2.05, 4.69) is 33.7 Å². The highest BCUT2D eigenvalue weighted by molar-refractivity contribution is 8.01. The summed E-state index contributed by atoms with van der Waals surface area (Å²) in [6.45, 7) is 3.76. The van der Waals surface area contributed by atoms with E-state index in [1.807, 2.05) is 12.1 Å². The van der Waals surface area contributed by atoms with Gasteiger partial charge in [-0.1, -0.05) is 48.7 Å². The zero-order valence-electron chi connectivity index (χ0n) is 17.5. The molecular weight excluding hydrogens is 430 g/mol. The number of carbonyl (C=O) groups is 2. The second-order valence-electron chi connectivity index (χ2n) is 8.23. The first-order valence-corrected chi connectivity index (χ1v) is 12.2. The van der Waals surface area contributed by atoms with Gasteiger partial charge in [0.1, 0.15) is 0 Å². The van der Waals surface area contributed by atoms with Gasteiger partial charge in [-0.2, -0.15) is 0 Å². The minimum absolute atomic E-state index is 0.122. The van der Waals surface area contributed by atoms with Crippen molar-refractivity contribution in [2.45, 2.75) is 55.3 Å². The Balaban J connectivity index is 1.29. The van der Waals surface area contributed by atoms with Gasteiger partial charge >= 0.3 is 0 Å². The summed E-state index contributed by atoms with van der Waals surface area (Å²) in [5.74, 6) is -0.280. The third-order valence-corrected chi connectivity index (χ3v) is 7.23. The number of nitrogens with one attached hydrogen (secondary N) is 2. The molecule has 2 heterocycles. The first kappa shape index (κ1) is 22.2. The molecule has 5 nitrogen and oxygen atoms in total. The van der Waals surface area contributed by atoms with Gasteiger partial charge in [-0.25, -0.2) is 0 Å². The highest BCUT2D eigenvalue weighted by atomic mass is 35.5. The minimum atomic E-state index is -0.442. The summed E-state index contributed by atoms with van der Waals surface area (Å²) in [5.41, 5.74) is 3.08. The van der Waals surface area contributed by atoms with Crippen LogP contribution in [0.2, 0.25) is 5.02 Å². The first-order valence-electron chi connectivity index (χ1n) is 10.9. The van der Waals surface area contributed by atoms with Crippen molar-refractivity contribution in [2.75, 3.05) is 18.4 Å². The van der Waals surface area contributed by atoms with E-state index in [1.165, 1.54) is 43.0 Å². The van der Waals surface area contributed by atoms with Crippen LogP contribution in [0.4, 0.5) is 5.69 Å². The number of anilines is 1. The minimum Gasteiger partial charge on any atom is -0.352 e. The lowest BCUT2D eigenvalue weighted by molar-refractivity contribution is -0.124. The summed E-state index contributed by atoms with van der Waals surface area (Å²) < 4.78 is 0. The van der Waals surface area contributed by atoms with Gasteiger partial charge in [0, 0.05) is 29.4 Å². The first-order chi connectivity index (χ1) is 15.1. The summed E-state index contributed by atoms with van der Waals surface area (Å²) in [6.07, 6.45) is 5.37. The number of hydrogen-bond donors (Lipinski definition) is 2. The van der Waals surface area contributed by atoms with Crippen molar-refractivity contribution in [1.82, 2.24) is 10.2 Å². The molecule has 2 aromatic carbocycles. The molecule has 31 heavy (non-hydrogen) atoms. The molecule has 1 saturated heterocycles. The van der Waals surface area contributed by atoms with Crippen molar-refractivity contribution in [3.8, 4) is 0 Å². The standard InChI is InChI=1S/C24H28ClN3O2S/c25-19-8-9-21-20(13-19)27-24(30)22(31-21)14-23(29)26-15-17-6-5-7-18(12-17)16-28-10-3-1-2-4-11-28/h5-9,12-13,22H,1-4,10-11,14-16H2,(H,26,29)(H,27,30). The third kappa shape index (κ3) is 6.25. The van der Waals surface area contributed by atoms with Crippen LogP contribution in [0.5, 0.6) is 0 Å². The second-order valence-corrected chi connectivity index (χ2v) is 9.91. The highest BCUT2D eigenvalue weighted by Crippen LogP contribution is 2.38. The fourth-order valence-corrected chi connectivity index (χ4v) is 5.35. The number of rotatable bonds is 6. The van der Waals surface area contributed by atoms with E-state index in [0.717, 1.165) is 30.1 Å². The zero-order valence-corrected chi connectivity index (χ0v) is 19.1. The number of likely N-dealkylation sites (tertiary alicyclic amines) is 1. The van der Waals surface area contributed by atoms with Gasteiger partial charge in [-0.3, -0.25) is 14.5 Å². The van der Waals surface area contributed by atoms with E-state index in [-0.39, 0.29) is 18.2 Å². The molecule has 0 bridgehead atoms. The lowest BCUT2D eigenvalue weighted by Gasteiger charge is -2.24. The number of benzene rings is 2. The Hall–Kier alpha value is -2.02. The molecule has 1 fully saturated rings. The van der Waals surface area contributed by atoms with E-state index >= 15 is 0 Å². The quantitative estimate of drug-likeness (QED) is 0.651. The Kier molecular flexibility index (Phi) is 7.54. The maximum absolute atomic E-state index is 12.5. The largest absolute Gasteiger partial charge is 0.352 e. The van der Waals surface area contributed by atoms with Gasteiger partial charge in [0.05, 0.1) is 10.9 Å². The van der Waals surface area contributed by atoms with Crippen LogP contribution in [0.15, 0.2) is 47.4 Å². The number of nitrogens with zero attached hydrogens (tertiary/aromatic N) is 1. The number of amides is 2. The molecule has 2 aliphatic heterocycles. The molecule has 2 N–H and O–H groups in total. The summed E-state index contributed by atoms with van der Waals surface area (Å²) in [6, 6.07) is 13.8. The van der Waals surface area contributed by atoms with Crippen molar-refractivity contribution in [2.24, 2.45) is 0 Å². The molecule has 0 radical (unpaired) electrons. The van der Waals surface area contributed by atoms with Gasteiger partial charge < -0.3 is 10.6 Å². The topological polar surface area (TPSA) is 61.4 Å². The third-order valence-electron chi connectivity index (χ3n) is 5.72. The SMILES string of the molecule is O=C(CC1Sc2ccc(Cl)cc2NC1=O)NCc1cccc(CN2CCCCCC2)c1. The van der Waals surface area contributed by atoms with Crippen LogP contribution < -0.4 is 10.6 Å². The average molecular weight is 458 g/mol. The molecular formula is C24H28ClN3O2S. The molecule has 164 valence electrons. The van der Waals surface area contributed by atoms with E-state index in [4.69, 9.17) is 11.6 Å². The van der Waals surface area contributed by atoms with Gasteiger partial charge in [0.25, 0.3) is 0 Å². The molecule has 2 amide bonds. The van der Waals surface area contributed by atoms with Gasteiger partial charge in [-0.05, 0) is 55.3 Å². The number of halogens is 1. The lowest BCUT2D eigenvalue weighted by atomic mass is 10.1. The molecule has 0 spiro atoms. The lowest BCUT2D eigenvalue weighted by Crippen LogP contribution is -2.34. The van der Waals surface area contributed by atoms with Crippen molar-refractivity contribution in [1.29, 1.82) is 0 Å². The fourth-order valence-electron chi connectivity index (χ4n) is 4.09. The molecule has 7 heteroatoms. The second kappa shape index (κ2) is 10.5. The highest BCUT2D eigenvalue weighted by Gasteiger charge is 2.29. The molecule has 0 aromatic heterocycles. The number of thioether (sulfide) groups is 1. The fraction of sp³-hybridized carbons (Fsp3) is 0.417. The summed E-state index contributed by atoms with van der Waals surface area (Å²) >= 11 is 7.40. The Morgan fingerprint density at radius 1 is 1.10 bits per heavy atom. The summed E-state index contributed by atoms with van der Waals surface area (Å²) in [7, 11) is 0. The Labute approximate surface area is 192 Å². The van der Waals surface area contributed by atoms with E-state index in [0.29, 0.717) is 17.3 Å². The zero-order chi connectivity index (χ0) is 21.6. The molecule has 1 unspecified atom stereocenters. The predicted octanol–water partition coefficient (Wildman–Crippen LogP) is 4.84.